The van der Waals surface area contributed by atoms with Crippen LogP contribution in [0.15, 0.2) is 35.5 Å². The summed E-state index contributed by atoms with van der Waals surface area (Å²) >= 11 is 6.82. The van der Waals surface area contributed by atoms with E-state index in [0.717, 1.165) is 11.8 Å². The van der Waals surface area contributed by atoms with Crippen molar-refractivity contribution >= 4 is 52.3 Å². The maximum absolute atomic E-state index is 13.4. The van der Waals surface area contributed by atoms with E-state index in [1.807, 2.05) is 0 Å². The molecule has 0 radical (unpaired) electrons. The van der Waals surface area contributed by atoms with E-state index in [1.54, 1.807) is 19.1 Å². The second-order valence-electron chi connectivity index (χ2n) is 8.75. The maximum Gasteiger partial charge on any atom is 0.357 e. The highest BCUT2D eigenvalue weighted by molar-refractivity contribution is 8.00. The van der Waals surface area contributed by atoms with Crippen molar-refractivity contribution in [2.75, 3.05) is 26.1 Å². The third-order valence-electron chi connectivity index (χ3n) is 6.20. The molecule has 0 saturated carbocycles. The van der Waals surface area contributed by atoms with Crippen molar-refractivity contribution < 1.29 is 38.7 Å². The lowest BCUT2D eigenvalue weighted by atomic mass is 10.1. The monoisotopic (exact) mass is 621 g/mol. The van der Waals surface area contributed by atoms with Crippen LogP contribution >= 0.6 is 23.4 Å². The predicted molar refractivity (Wildman–Crippen MR) is 143 cm³/mol. The normalized spacial score (nSPS) is 21.7. The summed E-state index contributed by atoms with van der Waals surface area (Å²) in [7, 11) is 1.26. The van der Waals surface area contributed by atoms with Gasteiger partial charge in [0.15, 0.2) is 17.7 Å². The molecule has 4 aromatic rings. The number of aromatic amines is 1. The molecule has 1 fully saturated rings. The summed E-state index contributed by atoms with van der Waals surface area (Å²) in [6.45, 7) is 1.16. The minimum Gasteiger partial charge on any atom is -0.465 e. The van der Waals surface area contributed by atoms with Gasteiger partial charge in [0.1, 0.15) is 23.8 Å². The molecule has 5 N–H and O–H groups in total. The number of nitrogens with two attached hydrogens (primary N) is 1. The van der Waals surface area contributed by atoms with Crippen molar-refractivity contribution in [1.29, 1.82) is 0 Å². The van der Waals surface area contributed by atoms with E-state index in [2.05, 4.69) is 35.6 Å². The van der Waals surface area contributed by atoms with Gasteiger partial charge in [0.2, 0.25) is 11.1 Å². The number of hydrogen-bond donors (Lipinski definition) is 4. The van der Waals surface area contributed by atoms with Gasteiger partial charge in [0, 0.05) is 4.90 Å². The molecule has 0 aliphatic carbocycles. The van der Waals surface area contributed by atoms with Gasteiger partial charge < -0.3 is 34.9 Å². The Balaban J connectivity index is 1.43. The van der Waals surface area contributed by atoms with Gasteiger partial charge in [-0.3, -0.25) is 4.57 Å². The van der Waals surface area contributed by atoms with Crippen LogP contribution < -0.4 is 5.73 Å². The van der Waals surface area contributed by atoms with Crippen LogP contribution in [0.5, 0.6) is 0 Å². The molecule has 1 saturated heterocycles. The topological polar surface area (TPSA) is 236 Å². The van der Waals surface area contributed by atoms with Gasteiger partial charge in [-0.25, -0.2) is 14.6 Å². The van der Waals surface area contributed by atoms with Crippen molar-refractivity contribution in [3.8, 4) is 0 Å². The fourth-order valence-corrected chi connectivity index (χ4v) is 5.42. The number of nitrogens with one attached hydrogen (secondary N) is 1. The molecule has 5 atom stereocenters. The third kappa shape index (κ3) is 5.46. The number of nitrogens with zero attached hydrogens (tertiary/aromatic N) is 7. The van der Waals surface area contributed by atoms with Crippen LogP contribution in [0.2, 0.25) is 5.28 Å². The first kappa shape index (κ1) is 29.5. The first-order valence-electron chi connectivity index (χ1n) is 12.3. The standard InChI is InChI=1S/C23H24ClN9O8S/c1-3-39-21(37)23(20-29-31-32-30-20,42-11-6-4-10(5-7-11)19(36)38-2)40-8-12-14(34)15(35)18(41-12)33-9-26-13-16(25)27-22(24)28-17(13)33/h4-7,9,12,14-15,18,34-35H,3,8H2,1-2H3,(H2,25,27,28)(H,29,30,31,32)/t12-,14-,15-,18-,23?/m1/s1. The van der Waals surface area contributed by atoms with Crippen molar-refractivity contribution in [1.82, 2.24) is 40.1 Å². The number of imidazole rings is 1. The second kappa shape index (κ2) is 12.1. The van der Waals surface area contributed by atoms with Crippen LogP contribution in [0.3, 0.4) is 0 Å². The van der Waals surface area contributed by atoms with Crippen LogP contribution in [-0.2, 0) is 28.7 Å². The van der Waals surface area contributed by atoms with E-state index in [1.165, 1.54) is 30.1 Å². The summed E-state index contributed by atoms with van der Waals surface area (Å²) in [5, 5.41) is 35.4. The quantitative estimate of drug-likeness (QED) is 0.0800. The van der Waals surface area contributed by atoms with Crippen molar-refractivity contribution in [3.63, 3.8) is 0 Å². The van der Waals surface area contributed by atoms with Gasteiger partial charge in [0.25, 0.3) is 4.93 Å². The number of anilines is 1. The van der Waals surface area contributed by atoms with Gasteiger partial charge in [-0.05, 0) is 42.8 Å². The number of esters is 2. The Hall–Kier alpha value is -3.94. The van der Waals surface area contributed by atoms with Crippen molar-refractivity contribution in [3.05, 3.63) is 47.3 Å². The first-order valence-corrected chi connectivity index (χ1v) is 13.5. The number of benzene rings is 1. The Morgan fingerprint density at radius 2 is 2.00 bits per heavy atom. The number of carbonyl (C=O) groups excluding carboxylic acids is 2. The lowest BCUT2D eigenvalue weighted by molar-refractivity contribution is -0.167. The zero-order valence-electron chi connectivity index (χ0n) is 21.9. The number of aromatic nitrogens is 8. The van der Waals surface area contributed by atoms with Gasteiger partial charge in [0.05, 0.1) is 32.2 Å². The molecule has 1 aliphatic rings. The van der Waals surface area contributed by atoms with Crippen molar-refractivity contribution in [2.45, 2.75) is 41.3 Å². The highest BCUT2D eigenvalue weighted by atomic mass is 35.5. The van der Waals surface area contributed by atoms with Crippen LogP contribution in [0.4, 0.5) is 5.82 Å². The molecule has 1 unspecified atom stereocenters. The van der Waals surface area contributed by atoms with Gasteiger partial charge in [-0.2, -0.15) is 15.2 Å². The number of thioether (sulfide) groups is 1. The molecule has 3 aromatic heterocycles. The number of nitrogen functional groups attached to an aromatic ring is 1. The van der Waals surface area contributed by atoms with Gasteiger partial charge >= 0.3 is 11.9 Å². The third-order valence-corrected chi connectivity index (χ3v) is 7.64. The fraction of sp³-hybridized carbons (Fsp3) is 0.391. The molecule has 1 aliphatic heterocycles. The van der Waals surface area contributed by atoms with Crippen molar-refractivity contribution in [2.24, 2.45) is 0 Å². The molecule has 0 amide bonds. The zero-order valence-corrected chi connectivity index (χ0v) is 23.5. The molecule has 222 valence electrons. The number of fused-ring (bicyclic) bond motifs is 1. The summed E-state index contributed by atoms with van der Waals surface area (Å²) in [6, 6.07) is 6.14. The number of H-pyrrole nitrogens is 1. The maximum atomic E-state index is 13.4. The Morgan fingerprint density at radius 1 is 1.24 bits per heavy atom. The minimum absolute atomic E-state index is 0.00573. The smallest absolute Gasteiger partial charge is 0.357 e. The molecular formula is C23H24ClN9O8S. The molecule has 0 bridgehead atoms. The highest BCUT2D eigenvalue weighted by Crippen LogP contribution is 2.43. The highest BCUT2D eigenvalue weighted by Gasteiger charge is 2.52. The molecule has 42 heavy (non-hydrogen) atoms. The number of tetrazole rings is 1. The van der Waals surface area contributed by atoms with E-state index in [4.69, 9.17) is 36.3 Å². The second-order valence-corrected chi connectivity index (χ2v) is 10.3. The van der Waals surface area contributed by atoms with E-state index >= 15 is 0 Å². The first-order chi connectivity index (χ1) is 20.2. The summed E-state index contributed by atoms with van der Waals surface area (Å²) in [6.07, 6.45) is -3.97. The van der Waals surface area contributed by atoms with E-state index in [0.29, 0.717) is 4.90 Å². The number of aliphatic hydroxyl groups is 2. The number of rotatable bonds is 10. The zero-order chi connectivity index (χ0) is 30.0. The van der Waals surface area contributed by atoms with Crippen LogP contribution in [0.1, 0.15) is 29.3 Å². The molecule has 4 heterocycles. The Morgan fingerprint density at radius 3 is 2.67 bits per heavy atom. The Kier molecular flexibility index (Phi) is 8.53. The van der Waals surface area contributed by atoms with E-state index < -0.39 is 48.0 Å². The fourth-order valence-electron chi connectivity index (χ4n) is 4.19. The SMILES string of the molecule is CCOC(=O)C(OC[C@H]1O[C@@H](n2cnc3c(N)nc(Cl)nc32)[C@H](O)[C@@H]1O)(Sc1ccc(C(=O)OC)cc1)c1nn[nH]n1. The predicted octanol–water partition coefficient (Wildman–Crippen LogP) is 0.206. The molecular weight excluding hydrogens is 598 g/mol. The lowest BCUT2D eigenvalue weighted by Gasteiger charge is -2.29. The number of halogens is 1. The summed E-state index contributed by atoms with van der Waals surface area (Å²) in [5.74, 6) is -1.58. The minimum atomic E-state index is -2.04. The number of aliphatic hydroxyl groups excluding tert-OH is 2. The average molecular weight is 622 g/mol. The van der Waals surface area contributed by atoms with E-state index in [-0.39, 0.29) is 40.3 Å². The number of carbonyl (C=O) groups is 2. The molecule has 0 spiro atoms. The largest absolute Gasteiger partial charge is 0.465 e. The molecule has 19 heteroatoms. The number of ether oxygens (including phenoxy) is 4. The number of hydrogen-bond acceptors (Lipinski definition) is 16. The summed E-state index contributed by atoms with van der Waals surface area (Å²) in [5.41, 5.74) is 6.55. The van der Waals surface area contributed by atoms with Gasteiger partial charge in [-0.1, -0.05) is 17.0 Å². The average Bonchev–Trinajstić information content (AvgIpc) is 3.72. The molecule has 17 nitrogen and oxygen atoms in total. The molecule has 5 rings (SSSR count). The Bertz CT molecular complexity index is 1570. The van der Waals surface area contributed by atoms with Gasteiger partial charge in [-0.15, -0.1) is 10.2 Å². The summed E-state index contributed by atoms with van der Waals surface area (Å²) < 4.78 is 23.5. The van der Waals surface area contributed by atoms with Crippen LogP contribution in [-0.4, -0.2) is 101 Å². The van der Waals surface area contributed by atoms with Crippen LogP contribution in [0.25, 0.3) is 11.2 Å². The lowest BCUT2D eigenvalue weighted by Crippen LogP contribution is -2.42. The van der Waals surface area contributed by atoms with Crippen LogP contribution in [0, 0.1) is 0 Å². The Labute approximate surface area is 245 Å². The molecule has 1 aromatic carbocycles. The van der Waals surface area contributed by atoms with E-state index in [9.17, 15) is 19.8 Å². The number of methoxy groups -OCH3 is 1. The summed E-state index contributed by atoms with van der Waals surface area (Å²) in [4.78, 5) is 35.8.